The van der Waals surface area contributed by atoms with E-state index < -0.39 is 6.04 Å². The molecule has 0 aromatic heterocycles. The van der Waals surface area contributed by atoms with E-state index in [1.54, 1.807) is 36.4 Å². The highest BCUT2D eigenvalue weighted by molar-refractivity contribution is 6.42. The highest BCUT2D eigenvalue weighted by Gasteiger charge is 2.30. The standard InChI is InChI=1S/C17H16Cl2N4O2/c18-13-6-3-11(7-14(13)19)15-8-16(22-21-15)17(25)23-20-9-10-1-4-12(24)5-2-10/h1-7,9,15-16,21-22,24H,8H2,(H,23,25)/b20-9+. The lowest BCUT2D eigenvalue weighted by Gasteiger charge is -2.10. The maximum Gasteiger partial charge on any atom is 0.258 e. The third-order valence-corrected chi connectivity index (χ3v) is 4.59. The van der Waals surface area contributed by atoms with Gasteiger partial charge in [-0.1, -0.05) is 29.3 Å². The van der Waals surface area contributed by atoms with Gasteiger partial charge >= 0.3 is 0 Å². The van der Waals surface area contributed by atoms with Crippen LogP contribution >= 0.6 is 23.2 Å². The molecule has 130 valence electrons. The van der Waals surface area contributed by atoms with E-state index in [9.17, 15) is 9.90 Å². The largest absolute Gasteiger partial charge is 0.508 e. The number of nitrogens with one attached hydrogen (secondary N) is 3. The Labute approximate surface area is 154 Å². The molecule has 0 saturated carbocycles. The smallest absolute Gasteiger partial charge is 0.258 e. The van der Waals surface area contributed by atoms with Crippen LogP contribution in [0.2, 0.25) is 10.0 Å². The number of phenols is 1. The van der Waals surface area contributed by atoms with E-state index in [4.69, 9.17) is 23.2 Å². The maximum atomic E-state index is 12.2. The Morgan fingerprint density at radius 1 is 1.16 bits per heavy atom. The van der Waals surface area contributed by atoms with Crippen molar-refractivity contribution in [2.24, 2.45) is 5.10 Å². The summed E-state index contributed by atoms with van der Waals surface area (Å²) in [5, 5.41) is 14.1. The van der Waals surface area contributed by atoms with Gasteiger partial charge in [0.25, 0.3) is 5.91 Å². The van der Waals surface area contributed by atoms with E-state index in [-0.39, 0.29) is 17.7 Å². The second kappa shape index (κ2) is 7.84. The van der Waals surface area contributed by atoms with Gasteiger partial charge in [-0.05, 0) is 53.9 Å². The first-order valence-electron chi connectivity index (χ1n) is 7.61. The highest BCUT2D eigenvalue weighted by atomic mass is 35.5. The van der Waals surface area contributed by atoms with E-state index in [1.807, 2.05) is 6.07 Å². The molecule has 1 aliphatic heterocycles. The number of nitrogens with zero attached hydrogens (tertiary/aromatic N) is 1. The number of rotatable bonds is 4. The average Bonchev–Trinajstić information content (AvgIpc) is 3.09. The van der Waals surface area contributed by atoms with Gasteiger partial charge < -0.3 is 5.11 Å². The molecule has 1 amide bonds. The third kappa shape index (κ3) is 4.49. The molecule has 2 aromatic rings. The molecule has 3 rings (SSSR count). The summed E-state index contributed by atoms with van der Waals surface area (Å²) in [6, 6.07) is 11.4. The second-order valence-corrected chi connectivity index (χ2v) is 6.44. The number of hydrogen-bond acceptors (Lipinski definition) is 5. The van der Waals surface area contributed by atoms with Crippen LogP contribution in [0.1, 0.15) is 23.6 Å². The van der Waals surface area contributed by atoms with Crippen LogP contribution in [0, 0.1) is 0 Å². The lowest BCUT2D eigenvalue weighted by molar-refractivity contribution is -0.122. The van der Waals surface area contributed by atoms with E-state index in [0.717, 1.165) is 11.1 Å². The Hall–Kier alpha value is -2.12. The number of benzene rings is 2. The molecule has 8 heteroatoms. The minimum Gasteiger partial charge on any atom is -0.508 e. The minimum absolute atomic E-state index is 0.0494. The van der Waals surface area contributed by atoms with Crippen LogP contribution in [0.15, 0.2) is 47.6 Å². The predicted octanol–water partition coefficient (Wildman–Crippen LogP) is 2.76. The summed E-state index contributed by atoms with van der Waals surface area (Å²) in [6.07, 6.45) is 2.06. The summed E-state index contributed by atoms with van der Waals surface area (Å²) in [7, 11) is 0. The van der Waals surface area contributed by atoms with Crippen LogP contribution in [0.4, 0.5) is 0 Å². The molecule has 1 heterocycles. The third-order valence-electron chi connectivity index (χ3n) is 3.85. The molecule has 0 spiro atoms. The van der Waals surface area contributed by atoms with E-state index in [0.29, 0.717) is 16.5 Å². The SMILES string of the molecule is O=C(N/N=C/c1ccc(O)cc1)C1CC(c2ccc(Cl)c(Cl)c2)NN1. The van der Waals surface area contributed by atoms with Gasteiger partial charge in [0.15, 0.2) is 0 Å². The summed E-state index contributed by atoms with van der Waals surface area (Å²) < 4.78 is 0. The molecular weight excluding hydrogens is 363 g/mol. The number of hydrazone groups is 1. The van der Waals surface area contributed by atoms with Gasteiger partial charge in [0.2, 0.25) is 0 Å². The summed E-state index contributed by atoms with van der Waals surface area (Å²) in [4.78, 5) is 12.2. The monoisotopic (exact) mass is 378 g/mol. The number of aromatic hydroxyl groups is 1. The molecule has 2 aromatic carbocycles. The van der Waals surface area contributed by atoms with Crippen molar-refractivity contribution in [3.63, 3.8) is 0 Å². The molecule has 0 radical (unpaired) electrons. The fraction of sp³-hybridized carbons (Fsp3) is 0.176. The highest BCUT2D eigenvalue weighted by Crippen LogP contribution is 2.28. The Morgan fingerprint density at radius 3 is 2.64 bits per heavy atom. The van der Waals surface area contributed by atoms with Gasteiger partial charge in [0.05, 0.1) is 16.3 Å². The lowest BCUT2D eigenvalue weighted by Crippen LogP contribution is -2.41. The molecule has 25 heavy (non-hydrogen) atoms. The number of hydrogen-bond donors (Lipinski definition) is 4. The Kier molecular flexibility index (Phi) is 5.55. The van der Waals surface area contributed by atoms with Crippen molar-refractivity contribution in [3.05, 3.63) is 63.6 Å². The van der Waals surface area contributed by atoms with Crippen LogP contribution in [0.25, 0.3) is 0 Å². The quantitative estimate of drug-likeness (QED) is 0.486. The van der Waals surface area contributed by atoms with Gasteiger partial charge in [-0.25, -0.2) is 16.3 Å². The number of hydrazine groups is 1. The zero-order chi connectivity index (χ0) is 17.8. The number of halogens is 2. The Balaban J connectivity index is 1.55. The van der Waals surface area contributed by atoms with Crippen LogP contribution in [0.5, 0.6) is 5.75 Å². The van der Waals surface area contributed by atoms with Crippen molar-refractivity contribution in [2.45, 2.75) is 18.5 Å². The predicted molar refractivity (Wildman–Crippen MR) is 97.7 cm³/mol. The van der Waals surface area contributed by atoms with Gasteiger partial charge in [-0.2, -0.15) is 5.10 Å². The Morgan fingerprint density at radius 2 is 1.92 bits per heavy atom. The lowest BCUT2D eigenvalue weighted by atomic mass is 10.0. The van der Waals surface area contributed by atoms with Crippen molar-refractivity contribution in [2.75, 3.05) is 0 Å². The van der Waals surface area contributed by atoms with Crippen LogP contribution in [-0.4, -0.2) is 23.3 Å². The van der Waals surface area contributed by atoms with Gasteiger partial charge in [0, 0.05) is 6.04 Å². The summed E-state index contributed by atoms with van der Waals surface area (Å²) in [6.45, 7) is 0. The molecule has 1 aliphatic rings. The van der Waals surface area contributed by atoms with Crippen LogP contribution in [-0.2, 0) is 4.79 Å². The molecule has 1 fully saturated rings. The zero-order valence-corrected chi connectivity index (χ0v) is 14.6. The molecule has 0 aliphatic carbocycles. The molecule has 2 atom stereocenters. The second-order valence-electron chi connectivity index (χ2n) is 5.63. The minimum atomic E-state index is -0.420. The summed E-state index contributed by atoms with van der Waals surface area (Å²) in [5.74, 6) is -0.0687. The summed E-state index contributed by atoms with van der Waals surface area (Å²) >= 11 is 12.0. The van der Waals surface area contributed by atoms with Gasteiger partial charge in [-0.3, -0.25) is 4.79 Å². The first-order valence-corrected chi connectivity index (χ1v) is 8.36. The van der Waals surface area contributed by atoms with Crippen molar-refractivity contribution in [3.8, 4) is 5.75 Å². The maximum absolute atomic E-state index is 12.2. The van der Waals surface area contributed by atoms with Crippen molar-refractivity contribution in [1.29, 1.82) is 0 Å². The molecule has 2 unspecified atom stereocenters. The van der Waals surface area contributed by atoms with Crippen molar-refractivity contribution < 1.29 is 9.90 Å². The summed E-state index contributed by atoms with van der Waals surface area (Å²) in [5.41, 5.74) is 10.2. The van der Waals surface area contributed by atoms with E-state index >= 15 is 0 Å². The fourth-order valence-electron chi connectivity index (χ4n) is 2.48. The van der Waals surface area contributed by atoms with E-state index in [1.165, 1.54) is 6.21 Å². The zero-order valence-electron chi connectivity index (χ0n) is 13.0. The first-order chi connectivity index (χ1) is 12.0. The van der Waals surface area contributed by atoms with Gasteiger partial charge in [-0.15, -0.1) is 0 Å². The number of carbonyl (C=O) groups excluding carboxylic acids is 1. The van der Waals surface area contributed by atoms with Crippen LogP contribution < -0.4 is 16.3 Å². The van der Waals surface area contributed by atoms with Crippen molar-refractivity contribution >= 4 is 35.3 Å². The van der Waals surface area contributed by atoms with Crippen molar-refractivity contribution in [1.82, 2.24) is 16.3 Å². The number of carbonyl (C=O) groups is 1. The molecule has 0 bridgehead atoms. The number of amides is 1. The number of phenolic OH excluding ortho intramolecular Hbond substituents is 1. The molecule has 6 nitrogen and oxygen atoms in total. The van der Waals surface area contributed by atoms with Gasteiger partial charge in [0.1, 0.15) is 11.8 Å². The molecule has 1 saturated heterocycles. The Bertz CT molecular complexity index is 796. The molecule has 4 N–H and O–H groups in total. The molecular formula is C17H16Cl2N4O2. The normalized spacial score (nSPS) is 20.1. The first kappa shape index (κ1) is 17.7. The topological polar surface area (TPSA) is 85.8 Å². The van der Waals surface area contributed by atoms with Crippen LogP contribution in [0.3, 0.4) is 0 Å². The fourth-order valence-corrected chi connectivity index (χ4v) is 2.79. The van der Waals surface area contributed by atoms with E-state index in [2.05, 4.69) is 21.4 Å². The average molecular weight is 379 g/mol.